The Hall–Kier alpha value is -2.24. The van der Waals surface area contributed by atoms with Crippen molar-refractivity contribution in [2.45, 2.75) is 13.5 Å². The molecule has 0 fully saturated rings. The summed E-state index contributed by atoms with van der Waals surface area (Å²) in [7, 11) is 0. The quantitative estimate of drug-likeness (QED) is 0.180. The second-order valence-electron chi connectivity index (χ2n) is 6.80. The first-order valence-electron chi connectivity index (χ1n) is 9.32. The van der Waals surface area contributed by atoms with E-state index in [-0.39, 0.29) is 12.2 Å². The van der Waals surface area contributed by atoms with E-state index >= 15 is 0 Å². The first kappa shape index (κ1) is 24.4. The second kappa shape index (κ2) is 11.1. The number of aryl methyl sites for hydroxylation is 1. The lowest BCUT2D eigenvalue weighted by molar-refractivity contribution is -0.112. The molecule has 0 bridgehead atoms. The SMILES string of the molecule is Cc1ccc(Cl)cc1NC(=O)/C(C#N)=C/c1ccc(OCc2ccc(Cl)cc2Cl)c(I)c1. The number of ether oxygens (including phenoxy) is 1. The van der Waals surface area contributed by atoms with Gasteiger partial charge >= 0.3 is 0 Å². The number of nitrogens with one attached hydrogen (secondary N) is 1. The molecule has 0 radical (unpaired) electrons. The molecule has 0 unspecified atom stereocenters. The normalized spacial score (nSPS) is 11.1. The summed E-state index contributed by atoms with van der Waals surface area (Å²) < 4.78 is 6.69. The van der Waals surface area contributed by atoms with Gasteiger partial charge < -0.3 is 10.1 Å². The van der Waals surface area contributed by atoms with Crippen molar-refractivity contribution in [1.29, 1.82) is 5.26 Å². The average Bonchev–Trinajstić information content (AvgIpc) is 2.75. The van der Waals surface area contributed by atoms with Crippen molar-refractivity contribution in [2.75, 3.05) is 5.32 Å². The largest absolute Gasteiger partial charge is 0.488 e. The van der Waals surface area contributed by atoms with Gasteiger partial charge in [-0.25, -0.2) is 0 Å². The van der Waals surface area contributed by atoms with Gasteiger partial charge in [-0.3, -0.25) is 4.79 Å². The second-order valence-corrected chi connectivity index (χ2v) is 9.24. The van der Waals surface area contributed by atoms with Crippen LogP contribution in [0, 0.1) is 21.8 Å². The molecule has 0 aliphatic rings. The van der Waals surface area contributed by atoms with Crippen molar-refractivity contribution in [3.63, 3.8) is 0 Å². The summed E-state index contributed by atoms with van der Waals surface area (Å²) in [4.78, 5) is 12.6. The number of amides is 1. The molecule has 0 spiro atoms. The number of carbonyl (C=O) groups excluding carboxylic acids is 1. The van der Waals surface area contributed by atoms with Crippen LogP contribution in [0.25, 0.3) is 6.08 Å². The first-order chi connectivity index (χ1) is 15.3. The predicted octanol–water partition coefficient (Wildman–Crippen LogP) is 7.68. The number of hydrogen-bond acceptors (Lipinski definition) is 3. The minimum absolute atomic E-state index is 0.0261. The minimum Gasteiger partial charge on any atom is -0.488 e. The first-order valence-corrected chi connectivity index (χ1v) is 11.5. The van der Waals surface area contributed by atoms with Crippen molar-refractivity contribution in [3.05, 3.63) is 95.5 Å². The molecule has 0 saturated heterocycles. The number of benzene rings is 3. The van der Waals surface area contributed by atoms with Crippen LogP contribution >= 0.6 is 57.4 Å². The number of hydrogen-bond donors (Lipinski definition) is 1. The van der Waals surface area contributed by atoms with Crippen LogP contribution in [0.4, 0.5) is 5.69 Å². The summed E-state index contributed by atoms with van der Waals surface area (Å²) in [6, 6.07) is 17.8. The zero-order valence-corrected chi connectivity index (χ0v) is 21.2. The van der Waals surface area contributed by atoms with E-state index in [0.717, 1.165) is 14.7 Å². The van der Waals surface area contributed by atoms with Crippen LogP contribution in [-0.4, -0.2) is 5.91 Å². The lowest BCUT2D eigenvalue weighted by Gasteiger charge is -2.11. The van der Waals surface area contributed by atoms with Gasteiger partial charge in [0.1, 0.15) is 24.0 Å². The van der Waals surface area contributed by atoms with Gasteiger partial charge in [0.15, 0.2) is 0 Å². The van der Waals surface area contributed by atoms with E-state index < -0.39 is 5.91 Å². The molecule has 0 aliphatic carbocycles. The maximum Gasteiger partial charge on any atom is 0.266 e. The molecule has 0 saturated carbocycles. The Labute approximate surface area is 214 Å². The molecule has 162 valence electrons. The van der Waals surface area contributed by atoms with Gasteiger partial charge in [-0.1, -0.05) is 53.0 Å². The molecule has 0 aromatic heterocycles. The van der Waals surface area contributed by atoms with Crippen molar-refractivity contribution in [3.8, 4) is 11.8 Å². The summed E-state index contributed by atoms with van der Waals surface area (Å²) in [6.45, 7) is 2.13. The summed E-state index contributed by atoms with van der Waals surface area (Å²) in [5, 5.41) is 13.8. The fraction of sp³-hybridized carbons (Fsp3) is 0.0833. The Bertz CT molecular complexity index is 1250. The number of rotatable bonds is 6. The van der Waals surface area contributed by atoms with Crippen molar-refractivity contribution >= 4 is 75.1 Å². The molecule has 0 aliphatic heterocycles. The molecule has 0 atom stereocenters. The minimum atomic E-state index is -0.509. The fourth-order valence-electron chi connectivity index (χ4n) is 2.75. The van der Waals surface area contributed by atoms with E-state index in [1.54, 1.807) is 42.5 Å². The zero-order chi connectivity index (χ0) is 23.3. The molecule has 3 rings (SSSR count). The smallest absolute Gasteiger partial charge is 0.266 e. The number of carbonyl (C=O) groups is 1. The highest BCUT2D eigenvalue weighted by atomic mass is 127. The van der Waals surface area contributed by atoms with E-state index in [1.165, 1.54) is 6.08 Å². The molecular weight excluding hydrogens is 582 g/mol. The van der Waals surface area contributed by atoms with E-state index in [0.29, 0.717) is 32.1 Å². The third kappa shape index (κ3) is 6.39. The maximum atomic E-state index is 12.6. The van der Waals surface area contributed by atoms with E-state index in [4.69, 9.17) is 39.5 Å². The number of nitriles is 1. The van der Waals surface area contributed by atoms with Crippen LogP contribution in [0.1, 0.15) is 16.7 Å². The molecule has 4 nitrogen and oxygen atoms in total. The Balaban J connectivity index is 1.74. The fourth-order valence-corrected chi connectivity index (χ4v) is 4.08. The third-order valence-electron chi connectivity index (χ3n) is 4.48. The standard InChI is InChI=1S/C24H16Cl3IN2O2/c1-14-2-5-19(26)11-22(14)30-24(31)17(12-29)8-15-3-7-23(21(28)9-15)32-13-16-4-6-18(25)10-20(16)27/h2-11H,13H2,1H3,(H,30,31)/b17-8+. The maximum absolute atomic E-state index is 12.6. The zero-order valence-electron chi connectivity index (χ0n) is 16.8. The van der Waals surface area contributed by atoms with Crippen LogP contribution in [0.15, 0.2) is 60.2 Å². The summed E-state index contributed by atoms with van der Waals surface area (Å²) in [5.74, 6) is 0.150. The highest BCUT2D eigenvalue weighted by molar-refractivity contribution is 14.1. The van der Waals surface area contributed by atoms with E-state index in [9.17, 15) is 10.1 Å². The summed E-state index contributed by atoms with van der Waals surface area (Å²) in [5.41, 5.74) is 2.89. The predicted molar refractivity (Wildman–Crippen MR) is 138 cm³/mol. The molecule has 8 heteroatoms. The van der Waals surface area contributed by atoms with Crippen LogP contribution in [0.3, 0.4) is 0 Å². The molecular formula is C24H16Cl3IN2O2. The molecule has 1 amide bonds. The highest BCUT2D eigenvalue weighted by Crippen LogP contribution is 2.27. The molecule has 3 aromatic rings. The van der Waals surface area contributed by atoms with Crippen molar-refractivity contribution < 1.29 is 9.53 Å². The lowest BCUT2D eigenvalue weighted by atomic mass is 10.1. The Morgan fingerprint density at radius 3 is 2.50 bits per heavy atom. The van der Waals surface area contributed by atoms with Crippen molar-refractivity contribution in [1.82, 2.24) is 0 Å². The average molecular weight is 598 g/mol. The van der Waals surface area contributed by atoms with E-state index in [1.807, 2.05) is 25.1 Å². The molecule has 3 aromatic carbocycles. The third-order valence-corrected chi connectivity index (χ3v) is 6.14. The Morgan fingerprint density at radius 1 is 1.09 bits per heavy atom. The van der Waals surface area contributed by atoms with Crippen LogP contribution < -0.4 is 10.1 Å². The number of nitrogens with zero attached hydrogens (tertiary/aromatic N) is 1. The summed E-state index contributed by atoms with van der Waals surface area (Å²) in [6.07, 6.45) is 1.53. The van der Waals surface area contributed by atoms with Crippen LogP contribution in [0.5, 0.6) is 5.75 Å². The van der Waals surface area contributed by atoms with Gasteiger partial charge in [-0.15, -0.1) is 0 Å². The molecule has 0 heterocycles. The van der Waals surface area contributed by atoms with Crippen LogP contribution in [-0.2, 0) is 11.4 Å². The van der Waals surface area contributed by atoms with Gasteiger partial charge in [-0.2, -0.15) is 5.26 Å². The lowest BCUT2D eigenvalue weighted by Crippen LogP contribution is -2.14. The molecule has 32 heavy (non-hydrogen) atoms. The van der Waals surface area contributed by atoms with Gasteiger partial charge in [0, 0.05) is 26.3 Å². The number of halogens is 4. The Morgan fingerprint density at radius 2 is 1.81 bits per heavy atom. The highest BCUT2D eigenvalue weighted by Gasteiger charge is 2.12. The molecule has 1 N–H and O–H groups in total. The number of anilines is 1. The van der Waals surface area contributed by atoms with E-state index in [2.05, 4.69) is 27.9 Å². The van der Waals surface area contributed by atoms with Crippen LogP contribution in [0.2, 0.25) is 15.1 Å². The topological polar surface area (TPSA) is 62.1 Å². The monoisotopic (exact) mass is 596 g/mol. The summed E-state index contributed by atoms with van der Waals surface area (Å²) >= 11 is 20.3. The van der Waals surface area contributed by atoms with Crippen molar-refractivity contribution in [2.24, 2.45) is 0 Å². The van der Waals surface area contributed by atoms with Gasteiger partial charge in [-0.05, 0) is 83.1 Å². The van der Waals surface area contributed by atoms with Gasteiger partial charge in [0.25, 0.3) is 5.91 Å². The Kier molecular flexibility index (Phi) is 8.44. The van der Waals surface area contributed by atoms with Gasteiger partial charge in [0.2, 0.25) is 0 Å². The van der Waals surface area contributed by atoms with Gasteiger partial charge in [0.05, 0.1) is 3.57 Å².